The first kappa shape index (κ1) is 14.9. The van der Waals surface area contributed by atoms with E-state index >= 15 is 0 Å². The van der Waals surface area contributed by atoms with Gasteiger partial charge in [-0.1, -0.05) is 26.8 Å². The van der Waals surface area contributed by atoms with E-state index in [0.717, 1.165) is 36.7 Å². The third-order valence-corrected chi connectivity index (χ3v) is 4.73. The van der Waals surface area contributed by atoms with E-state index in [4.69, 9.17) is 5.73 Å². The number of nitrogens with two attached hydrogens (primary N) is 1. The van der Waals surface area contributed by atoms with Crippen molar-refractivity contribution in [2.75, 3.05) is 17.6 Å². The van der Waals surface area contributed by atoms with Gasteiger partial charge in [0.15, 0.2) is 0 Å². The second kappa shape index (κ2) is 5.87. The van der Waals surface area contributed by atoms with Crippen LogP contribution in [0.1, 0.15) is 37.8 Å². The van der Waals surface area contributed by atoms with E-state index in [1.54, 1.807) is 11.3 Å². The standard InChI is InChI=1S/C15H24N4S/c1-5-8-19-14(13(16)11(2)18-19)17-10-15(3,4)12-7-6-9-20-12/h6-7,9,17H,5,8,10,16H2,1-4H3. The largest absolute Gasteiger partial charge is 0.394 e. The molecule has 2 rings (SSSR count). The van der Waals surface area contributed by atoms with Gasteiger partial charge in [0.05, 0.1) is 11.4 Å². The fourth-order valence-corrected chi connectivity index (χ4v) is 3.06. The smallest absolute Gasteiger partial charge is 0.148 e. The van der Waals surface area contributed by atoms with Crippen LogP contribution < -0.4 is 11.1 Å². The number of nitrogens with one attached hydrogen (secondary N) is 1. The Morgan fingerprint density at radius 2 is 2.20 bits per heavy atom. The normalized spacial score (nSPS) is 11.8. The van der Waals surface area contributed by atoms with Gasteiger partial charge < -0.3 is 11.1 Å². The molecule has 5 heteroatoms. The number of nitrogens with zero attached hydrogens (tertiary/aromatic N) is 2. The molecule has 0 amide bonds. The minimum absolute atomic E-state index is 0.0792. The first-order valence-electron chi connectivity index (χ1n) is 7.06. The number of hydrogen-bond donors (Lipinski definition) is 2. The zero-order valence-corrected chi connectivity index (χ0v) is 13.5. The molecule has 0 unspecified atom stereocenters. The maximum Gasteiger partial charge on any atom is 0.148 e. The van der Waals surface area contributed by atoms with Crippen molar-refractivity contribution < 1.29 is 0 Å². The van der Waals surface area contributed by atoms with Gasteiger partial charge >= 0.3 is 0 Å². The summed E-state index contributed by atoms with van der Waals surface area (Å²) in [5, 5.41) is 10.1. The fraction of sp³-hybridized carbons (Fsp3) is 0.533. The number of aryl methyl sites for hydroxylation is 2. The van der Waals surface area contributed by atoms with Gasteiger partial charge in [-0.2, -0.15) is 5.10 Å². The van der Waals surface area contributed by atoms with E-state index in [0.29, 0.717) is 0 Å². The molecule has 0 aliphatic heterocycles. The molecule has 0 spiro atoms. The lowest BCUT2D eigenvalue weighted by molar-refractivity contribution is 0.556. The van der Waals surface area contributed by atoms with Crippen molar-refractivity contribution in [3.05, 3.63) is 28.1 Å². The summed E-state index contributed by atoms with van der Waals surface area (Å²) in [5.41, 5.74) is 7.88. The molecule has 2 aromatic rings. The van der Waals surface area contributed by atoms with Crippen LogP contribution in [-0.2, 0) is 12.0 Å². The molecule has 0 radical (unpaired) electrons. The van der Waals surface area contributed by atoms with Crippen molar-refractivity contribution in [1.82, 2.24) is 9.78 Å². The molecule has 110 valence electrons. The molecule has 0 saturated carbocycles. The summed E-state index contributed by atoms with van der Waals surface area (Å²) in [4.78, 5) is 1.38. The topological polar surface area (TPSA) is 55.9 Å². The van der Waals surface area contributed by atoms with Gasteiger partial charge in [0.25, 0.3) is 0 Å². The van der Waals surface area contributed by atoms with Crippen molar-refractivity contribution in [3.63, 3.8) is 0 Å². The monoisotopic (exact) mass is 292 g/mol. The third kappa shape index (κ3) is 2.98. The molecule has 3 N–H and O–H groups in total. The first-order chi connectivity index (χ1) is 9.45. The molecule has 2 heterocycles. The first-order valence-corrected chi connectivity index (χ1v) is 7.94. The number of hydrogen-bond acceptors (Lipinski definition) is 4. The number of aromatic nitrogens is 2. The number of nitrogen functional groups attached to an aromatic ring is 1. The highest BCUT2D eigenvalue weighted by atomic mass is 32.1. The van der Waals surface area contributed by atoms with Crippen LogP contribution in [0.2, 0.25) is 0 Å². The van der Waals surface area contributed by atoms with E-state index in [1.165, 1.54) is 4.88 Å². The average Bonchev–Trinajstić information content (AvgIpc) is 3.00. The van der Waals surface area contributed by atoms with E-state index in [2.05, 4.69) is 48.7 Å². The lowest BCUT2D eigenvalue weighted by Crippen LogP contribution is -2.27. The van der Waals surface area contributed by atoms with Gasteiger partial charge in [-0.05, 0) is 24.8 Å². The van der Waals surface area contributed by atoms with E-state index < -0.39 is 0 Å². The highest BCUT2D eigenvalue weighted by Crippen LogP contribution is 2.29. The second-order valence-electron chi connectivity index (χ2n) is 5.79. The SMILES string of the molecule is CCCn1nc(C)c(N)c1NCC(C)(C)c1cccs1. The minimum atomic E-state index is 0.0792. The zero-order chi connectivity index (χ0) is 14.8. The molecular formula is C15H24N4S. The van der Waals surface area contributed by atoms with Crippen LogP contribution in [0.25, 0.3) is 0 Å². The van der Waals surface area contributed by atoms with Gasteiger partial charge in [-0.15, -0.1) is 11.3 Å². The summed E-state index contributed by atoms with van der Waals surface area (Å²) < 4.78 is 1.98. The quantitative estimate of drug-likeness (QED) is 0.854. The molecule has 20 heavy (non-hydrogen) atoms. The molecule has 4 nitrogen and oxygen atoms in total. The van der Waals surface area contributed by atoms with Crippen LogP contribution in [-0.4, -0.2) is 16.3 Å². The lowest BCUT2D eigenvalue weighted by atomic mass is 9.91. The predicted octanol–water partition coefficient (Wildman–Crippen LogP) is 3.63. The molecular weight excluding hydrogens is 268 g/mol. The maximum atomic E-state index is 6.14. The Bertz CT molecular complexity index is 555. The van der Waals surface area contributed by atoms with Crippen LogP contribution in [0.4, 0.5) is 11.5 Å². The van der Waals surface area contributed by atoms with Crippen LogP contribution >= 0.6 is 11.3 Å². The number of anilines is 2. The Hall–Kier alpha value is -1.49. The molecule has 0 aromatic carbocycles. The van der Waals surface area contributed by atoms with Crippen LogP contribution in [0.3, 0.4) is 0 Å². The average molecular weight is 292 g/mol. The van der Waals surface area contributed by atoms with Gasteiger partial charge in [-0.3, -0.25) is 0 Å². The second-order valence-corrected chi connectivity index (χ2v) is 6.73. The third-order valence-electron chi connectivity index (χ3n) is 3.50. The van der Waals surface area contributed by atoms with Gasteiger partial charge in [0.1, 0.15) is 5.82 Å². The predicted molar refractivity (Wildman–Crippen MR) is 87.5 cm³/mol. The lowest BCUT2D eigenvalue weighted by Gasteiger charge is -2.24. The van der Waals surface area contributed by atoms with Crippen molar-refractivity contribution >= 4 is 22.8 Å². The molecule has 0 fully saturated rings. The Labute approximate surface area is 125 Å². The minimum Gasteiger partial charge on any atom is -0.394 e. The Kier molecular flexibility index (Phi) is 4.38. The van der Waals surface area contributed by atoms with Crippen molar-refractivity contribution in [1.29, 1.82) is 0 Å². The van der Waals surface area contributed by atoms with E-state index in [-0.39, 0.29) is 5.41 Å². The highest BCUT2D eigenvalue weighted by molar-refractivity contribution is 7.10. The van der Waals surface area contributed by atoms with Gasteiger partial charge in [0.2, 0.25) is 0 Å². The summed E-state index contributed by atoms with van der Waals surface area (Å²) >= 11 is 1.80. The van der Waals surface area contributed by atoms with Crippen molar-refractivity contribution in [2.24, 2.45) is 0 Å². The molecule has 0 bridgehead atoms. The highest BCUT2D eigenvalue weighted by Gasteiger charge is 2.23. The van der Waals surface area contributed by atoms with E-state index in [9.17, 15) is 0 Å². The summed E-state index contributed by atoms with van der Waals surface area (Å²) in [6.07, 6.45) is 1.05. The molecule has 0 aliphatic rings. The Morgan fingerprint density at radius 3 is 2.80 bits per heavy atom. The zero-order valence-electron chi connectivity index (χ0n) is 12.7. The molecule has 0 atom stereocenters. The molecule has 0 saturated heterocycles. The van der Waals surface area contributed by atoms with Crippen LogP contribution in [0, 0.1) is 6.92 Å². The molecule has 0 aliphatic carbocycles. The van der Waals surface area contributed by atoms with Gasteiger partial charge in [-0.25, -0.2) is 4.68 Å². The summed E-state index contributed by atoms with van der Waals surface area (Å²) in [6, 6.07) is 4.28. The summed E-state index contributed by atoms with van der Waals surface area (Å²) in [5.74, 6) is 0.953. The summed E-state index contributed by atoms with van der Waals surface area (Å²) in [6.45, 7) is 10.3. The number of thiophene rings is 1. The summed E-state index contributed by atoms with van der Waals surface area (Å²) in [7, 11) is 0. The van der Waals surface area contributed by atoms with Crippen LogP contribution in [0.15, 0.2) is 17.5 Å². The van der Waals surface area contributed by atoms with E-state index in [1.807, 2.05) is 11.6 Å². The van der Waals surface area contributed by atoms with Crippen LogP contribution in [0.5, 0.6) is 0 Å². The van der Waals surface area contributed by atoms with Gasteiger partial charge in [0, 0.05) is 23.4 Å². The maximum absolute atomic E-state index is 6.14. The fourth-order valence-electron chi connectivity index (χ4n) is 2.21. The Balaban J connectivity index is 2.14. The number of rotatable bonds is 6. The van der Waals surface area contributed by atoms with Crippen molar-refractivity contribution in [2.45, 2.75) is 46.1 Å². The Morgan fingerprint density at radius 1 is 1.45 bits per heavy atom. The van der Waals surface area contributed by atoms with Crippen molar-refractivity contribution in [3.8, 4) is 0 Å². The molecule has 2 aromatic heterocycles.